The summed E-state index contributed by atoms with van der Waals surface area (Å²) in [5, 5.41) is 6.78. The number of fused-ring (bicyclic) bond motifs is 3. The zero-order valence-corrected chi connectivity index (χ0v) is 19.4. The Labute approximate surface area is 188 Å². The highest BCUT2D eigenvalue weighted by atomic mass is 35.5. The number of likely N-dealkylation sites (N-methyl/N-ethyl adjacent to an activating group) is 1. The summed E-state index contributed by atoms with van der Waals surface area (Å²) in [6.07, 6.45) is 0.870. The van der Waals surface area contributed by atoms with Crippen LogP contribution in [0.2, 0.25) is 5.02 Å². The second-order valence-corrected chi connectivity index (χ2v) is 9.08. The van der Waals surface area contributed by atoms with Gasteiger partial charge in [-0.2, -0.15) is 0 Å². The minimum Gasteiger partial charge on any atom is -0.361 e. The predicted molar refractivity (Wildman–Crippen MR) is 124 cm³/mol. The Morgan fingerprint density at radius 3 is 2.68 bits per heavy atom. The van der Waals surface area contributed by atoms with E-state index in [9.17, 15) is 9.59 Å². The summed E-state index contributed by atoms with van der Waals surface area (Å²) in [7, 11) is 0. The van der Waals surface area contributed by atoms with Gasteiger partial charge in [0, 0.05) is 41.1 Å². The number of benzene rings is 1. The highest BCUT2D eigenvalue weighted by Gasteiger charge is 2.51. The molecule has 2 heterocycles. The van der Waals surface area contributed by atoms with E-state index in [0.29, 0.717) is 17.1 Å². The van der Waals surface area contributed by atoms with Gasteiger partial charge in [0.1, 0.15) is 0 Å². The van der Waals surface area contributed by atoms with Crippen LogP contribution in [0.3, 0.4) is 0 Å². The van der Waals surface area contributed by atoms with Gasteiger partial charge < -0.3 is 20.5 Å². The lowest BCUT2D eigenvalue weighted by atomic mass is 9.58. The highest BCUT2D eigenvalue weighted by molar-refractivity contribution is 6.30. The Bertz CT molecular complexity index is 1010. The van der Waals surface area contributed by atoms with Gasteiger partial charge in [-0.25, -0.2) is 0 Å². The number of rotatable bonds is 7. The first-order chi connectivity index (χ1) is 14.8. The molecule has 1 fully saturated rings. The Morgan fingerprint density at radius 2 is 1.97 bits per heavy atom. The van der Waals surface area contributed by atoms with Gasteiger partial charge in [0.25, 0.3) is 5.91 Å². The molecule has 3 atom stereocenters. The molecule has 0 radical (unpaired) electrons. The van der Waals surface area contributed by atoms with Crippen molar-refractivity contribution >= 4 is 29.1 Å². The molecule has 31 heavy (non-hydrogen) atoms. The van der Waals surface area contributed by atoms with Gasteiger partial charge in [-0.15, -0.1) is 0 Å². The van der Waals surface area contributed by atoms with Gasteiger partial charge in [-0.05, 0) is 68.6 Å². The van der Waals surface area contributed by atoms with Crippen LogP contribution in [0.25, 0.3) is 0 Å². The molecule has 2 amide bonds. The van der Waals surface area contributed by atoms with Crippen molar-refractivity contribution in [2.75, 3.05) is 31.5 Å². The van der Waals surface area contributed by atoms with E-state index in [1.54, 1.807) is 6.07 Å². The Kier molecular flexibility index (Phi) is 6.13. The fraction of sp³-hybridized carbons (Fsp3) is 0.500. The van der Waals surface area contributed by atoms with Crippen LogP contribution in [0.1, 0.15) is 65.0 Å². The van der Waals surface area contributed by atoms with Crippen LogP contribution < -0.4 is 10.6 Å². The lowest BCUT2D eigenvalue weighted by molar-refractivity contribution is -0.124. The molecule has 4 rings (SSSR count). The third-order valence-corrected chi connectivity index (χ3v) is 7.27. The Balaban J connectivity index is 1.51. The molecule has 7 heteroatoms. The molecule has 3 N–H and O–H groups in total. The number of carbonyl (C=O) groups excluding carboxylic acids is 2. The fourth-order valence-corrected chi connectivity index (χ4v) is 5.43. The standard InChI is InChI=1S/C24H31ClN4O2/c1-5-29(6-2)10-9-26-23(30)20-13(3)22(27-14(20)4)18-12-17-16-11-15(25)7-8-19(16)28-24(31)21(17)18/h7-8,11,17-18,21,27H,5-6,9-10,12H2,1-4H3,(H,26,30)(H,28,31). The maximum Gasteiger partial charge on any atom is 0.253 e. The molecular formula is C24H31ClN4O2. The number of anilines is 1. The van der Waals surface area contributed by atoms with Crippen LogP contribution in [0, 0.1) is 19.8 Å². The summed E-state index contributed by atoms with van der Waals surface area (Å²) >= 11 is 6.20. The third-order valence-electron chi connectivity index (χ3n) is 7.03. The van der Waals surface area contributed by atoms with E-state index in [1.165, 1.54) is 0 Å². The number of carbonyl (C=O) groups is 2. The van der Waals surface area contributed by atoms with Crippen molar-refractivity contribution in [3.63, 3.8) is 0 Å². The average Bonchev–Trinajstić information content (AvgIpc) is 2.99. The fourth-order valence-electron chi connectivity index (χ4n) is 5.25. The third kappa shape index (κ3) is 3.87. The van der Waals surface area contributed by atoms with Crippen LogP contribution >= 0.6 is 11.6 Å². The summed E-state index contributed by atoms with van der Waals surface area (Å²) in [5.74, 6) is 0.106. The maximum absolute atomic E-state index is 12.9. The minimum absolute atomic E-state index is 0.0490. The molecule has 2 aliphatic rings. The molecule has 1 aromatic carbocycles. The first kappa shape index (κ1) is 21.9. The molecule has 0 saturated heterocycles. The predicted octanol–water partition coefficient (Wildman–Crippen LogP) is 4.20. The Hall–Kier alpha value is -2.31. The van der Waals surface area contributed by atoms with Crippen molar-refractivity contribution in [1.82, 2.24) is 15.2 Å². The number of aromatic amines is 1. The van der Waals surface area contributed by atoms with E-state index in [-0.39, 0.29) is 29.6 Å². The number of hydrogen-bond acceptors (Lipinski definition) is 3. The number of halogens is 1. The molecular weight excluding hydrogens is 412 g/mol. The summed E-state index contributed by atoms with van der Waals surface area (Å²) < 4.78 is 0. The molecule has 1 aromatic heterocycles. The van der Waals surface area contributed by atoms with E-state index in [2.05, 4.69) is 34.4 Å². The number of H-pyrrole nitrogens is 1. The van der Waals surface area contributed by atoms with Crippen molar-refractivity contribution in [1.29, 1.82) is 0 Å². The van der Waals surface area contributed by atoms with E-state index in [1.807, 2.05) is 26.0 Å². The SMILES string of the molecule is CCN(CC)CCNC(=O)c1c(C)[nH]c(C2CC3c4cc(Cl)ccc4NC(=O)C32)c1C. The topological polar surface area (TPSA) is 77.2 Å². The zero-order valence-electron chi connectivity index (χ0n) is 18.6. The number of hydrogen-bond donors (Lipinski definition) is 3. The molecule has 6 nitrogen and oxygen atoms in total. The second-order valence-electron chi connectivity index (χ2n) is 8.64. The molecule has 166 valence electrons. The quantitative estimate of drug-likeness (QED) is 0.601. The van der Waals surface area contributed by atoms with Crippen molar-refractivity contribution < 1.29 is 9.59 Å². The molecule has 0 bridgehead atoms. The second kappa shape index (κ2) is 8.67. The van der Waals surface area contributed by atoms with Crippen molar-refractivity contribution in [3.05, 3.63) is 51.3 Å². The molecule has 3 unspecified atom stereocenters. The smallest absolute Gasteiger partial charge is 0.253 e. The van der Waals surface area contributed by atoms with Crippen LogP contribution in [-0.2, 0) is 4.79 Å². The number of nitrogens with one attached hydrogen (secondary N) is 3. The van der Waals surface area contributed by atoms with Crippen LogP contribution in [0.4, 0.5) is 5.69 Å². The van der Waals surface area contributed by atoms with Crippen LogP contribution in [0.15, 0.2) is 18.2 Å². The first-order valence-corrected chi connectivity index (χ1v) is 11.5. The number of nitrogens with zero attached hydrogens (tertiary/aromatic N) is 1. The molecule has 1 aliphatic heterocycles. The van der Waals surface area contributed by atoms with Crippen molar-refractivity contribution in [3.8, 4) is 0 Å². The van der Waals surface area contributed by atoms with E-state index >= 15 is 0 Å². The summed E-state index contributed by atoms with van der Waals surface area (Å²) in [4.78, 5) is 31.4. The molecule has 0 spiro atoms. The Morgan fingerprint density at radius 1 is 1.23 bits per heavy atom. The first-order valence-electron chi connectivity index (χ1n) is 11.2. The van der Waals surface area contributed by atoms with Gasteiger partial charge in [0.2, 0.25) is 5.91 Å². The number of amides is 2. The minimum atomic E-state index is -0.138. The van der Waals surface area contributed by atoms with Crippen molar-refractivity contribution in [2.24, 2.45) is 5.92 Å². The van der Waals surface area contributed by atoms with Gasteiger partial charge in [-0.3, -0.25) is 9.59 Å². The van der Waals surface area contributed by atoms with Gasteiger partial charge in [0.05, 0.1) is 11.5 Å². The average molecular weight is 443 g/mol. The lowest BCUT2D eigenvalue weighted by Gasteiger charge is -2.47. The summed E-state index contributed by atoms with van der Waals surface area (Å²) in [6, 6.07) is 5.65. The lowest BCUT2D eigenvalue weighted by Crippen LogP contribution is -2.45. The van der Waals surface area contributed by atoms with Crippen molar-refractivity contribution in [2.45, 2.75) is 46.0 Å². The van der Waals surface area contributed by atoms with E-state index < -0.39 is 0 Å². The largest absolute Gasteiger partial charge is 0.361 e. The molecule has 1 aliphatic carbocycles. The summed E-state index contributed by atoms with van der Waals surface area (Å²) in [6.45, 7) is 11.6. The molecule has 1 saturated carbocycles. The van der Waals surface area contributed by atoms with E-state index in [0.717, 1.165) is 54.3 Å². The highest BCUT2D eigenvalue weighted by Crippen LogP contribution is 2.57. The van der Waals surface area contributed by atoms with Gasteiger partial charge in [-0.1, -0.05) is 25.4 Å². The van der Waals surface area contributed by atoms with Gasteiger partial charge >= 0.3 is 0 Å². The number of aromatic nitrogens is 1. The van der Waals surface area contributed by atoms with Gasteiger partial charge in [0.15, 0.2) is 0 Å². The van der Waals surface area contributed by atoms with E-state index in [4.69, 9.17) is 11.6 Å². The van der Waals surface area contributed by atoms with Crippen LogP contribution in [0.5, 0.6) is 0 Å². The maximum atomic E-state index is 12.9. The summed E-state index contributed by atoms with van der Waals surface area (Å²) in [5.41, 5.74) is 5.50. The monoisotopic (exact) mass is 442 g/mol. The van der Waals surface area contributed by atoms with Crippen LogP contribution in [-0.4, -0.2) is 47.9 Å². The zero-order chi connectivity index (χ0) is 22.3. The normalized spacial score (nSPS) is 21.9. The number of aryl methyl sites for hydroxylation is 1. The molecule has 2 aromatic rings.